The molecule has 2 aliphatic rings. The predicted molar refractivity (Wildman–Crippen MR) is 145 cm³/mol. The number of anilines is 1. The van der Waals surface area contributed by atoms with Gasteiger partial charge in [0.25, 0.3) is 5.91 Å². The molecule has 0 unspecified atom stereocenters. The van der Waals surface area contributed by atoms with E-state index in [2.05, 4.69) is 22.5 Å². The standard InChI is InChI=1S/C31H33F5N4O/c1-19-4-10-25(11-5-19)39-29-38-18-26(28(41)37-17-20-14-22(31(34,35)36)16-24(33)15-20)27(40-29)30(12-2-3-13-30)21-6-8-23(32)9-7-21/h6-9,14-16,18-19,25H,2-5,10-13,17H2,1H3,(H,37,41)(H,38,39,40). The molecular formula is C31H33F5N4O. The van der Waals surface area contributed by atoms with Gasteiger partial charge in [-0.25, -0.2) is 18.7 Å². The molecule has 0 bridgehead atoms. The average molecular weight is 573 g/mol. The topological polar surface area (TPSA) is 66.9 Å². The zero-order valence-electron chi connectivity index (χ0n) is 22.8. The van der Waals surface area contributed by atoms with Gasteiger partial charge in [0.1, 0.15) is 11.6 Å². The van der Waals surface area contributed by atoms with E-state index in [9.17, 15) is 26.7 Å². The van der Waals surface area contributed by atoms with Crippen LogP contribution < -0.4 is 10.6 Å². The molecule has 2 N–H and O–H groups in total. The molecule has 10 heteroatoms. The fraction of sp³-hybridized carbons (Fsp3) is 0.452. The molecule has 0 aliphatic heterocycles. The summed E-state index contributed by atoms with van der Waals surface area (Å²) in [7, 11) is 0. The molecule has 2 aromatic carbocycles. The summed E-state index contributed by atoms with van der Waals surface area (Å²) in [5.41, 5.74) is -0.293. The summed E-state index contributed by atoms with van der Waals surface area (Å²) < 4.78 is 67.4. The summed E-state index contributed by atoms with van der Waals surface area (Å²) in [6, 6.07) is 8.61. The zero-order valence-corrected chi connectivity index (χ0v) is 22.8. The number of carbonyl (C=O) groups excluding carboxylic acids is 1. The maximum absolute atomic E-state index is 13.9. The molecule has 0 radical (unpaired) electrons. The number of nitrogens with zero attached hydrogens (tertiary/aromatic N) is 2. The Morgan fingerprint density at radius 3 is 2.32 bits per heavy atom. The first-order valence-corrected chi connectivity index (χ1v) is 14.1. The van der Waals surface area contributed by atoms with E-state index in [4.69, 9.17) is 4.98 Å². The molecule has 5 rings (SSSR count). The van der Waals surface area contributed by atoms with Crippen LogP contribution >= 0.6 is 0 Å². The van der Waals surface area contributed by atoms with Gasteiger partial charge < -0.3 is 10.6 Å². The monoisotopic (exact) mass is 572 g/mol. The van der Waals surface area contributed by atoms with Crippen LogP contribution in [0.2, 0.25) is 0 Å². The summed E-state index contributed by atoms with van der Waals surface area (Å²) in [5.74, 6) is -0.915. The maximum atomic E-state index is 13.9. The van der Waals surface area contributed by atoms with Crippen LogP contribution in [0, 0.1) is 17.6 Å². The number of amides is 1. The second kappa shape index (κ2) is 11.7. The largest absolute Gasteiger partial charge is 0.416 e. The lowest BCUT2D eigenvalue weighted by Gasteiger charge is -2.32. The first-order valence-electron chi connectivity index (χ1n) is 14.1. The molecule has 1 aromatic heterocycles. The highest BCUT2D eigenvalue weighted by Crippen LogP contribution is 2.47. The number of rotatable bonds is 7. The smallest absolute Gasteiger partial charge is 0.351 e. The summed E-state index contributed by atoms with van der Waals surface area (Å²) in [4.78, 5) is 22.9. The van der Waals surface area contributed by atoms with Crippen molar-refractivity contribution in [2.75, 3.05) is 5.32 Å². The molecule has 2 saturated carbocycles. The Hall–Kier alpha value is -3.56. The van der Waals surface area contributed by atoms with Crippen LogP contribution in [-0.2, 0) is 18.1 Å². The summed E-state index contributed by atoms with van der Waals surface area (Å²) in [5, 5.41) is 6.07. The molecule has 41 heavy (non-hydrogen) atoms. The van der Waals surface area contributed by atoms with Crippen molar-refractivity contribution >= 4 is 11.9 Å². The minimum absolute atomic E-state index is 0.0212. The molecule has 1 amide bonds. The first-order chi connectivity index (χ1) is 19.5. The number of carbonyl (C=O) groups is 1. The fourth-order valence-corrected chi connectivity index (χ4v) is 6.17. The average Bonchev–Trinajstić information content (AvgIpc) is 3.44. The molecule has 2 aliphatic carbocycles. The van der Waals surface area contributed by atoms with Crippen molar-refractivity contribution in [2.45, 2.75) is 82.5 Å². The molecule has 0 atom stereocenters. The normalized spacial score (nSPS) is 20.5. The maximum Gasteiger partial charge on any atom is 0.416 e. The number of alkyl halides is 3. The van der Waals surface area contributed by atoms with Crippen LogP contribution in [-0.4, -0.2) is 21.9 Å². The van der Waals surface area contributed by atoms with Crippen LogP contribution in [0.3, 0.4) is 0 Å². The molecule has 5 nitrogen and oxygen atoms in total. The molecular weight excluding hydrogens is 539 g/mol. The van der Waals surface area contributed by atoms with Crippen molar-refractivity contribution < 1.29 is 26.7 Å². The molecule has 0 saturated heterocycles. The van der Waals surface area contributed by atoms with E-state index in [1.807, 2.05) is 0 Å². The second-order valence-electron chi connectivity index (χ2n) is 11.4. The highest BCUT2D eigenvalue weighted by Gasteiger charge is 2.42. The molecule has 1 heterocycles. The van der Waals surface area contributed by atoms with Crippen molar-refractivity contribution in [1.82, 2.24) is 15.3 Å². The van der Waals surface area contributed by atoms with Crippen molar-refractivity contribution in [1.29, 1.82) is 0 Å². The van der Waals surface area contributed by atoms with Crippen molar-refractivity contribution in [2.24, 2.45) is 5.92 Å². The molecule has 2 fully saturated rings. The first kappa shape index (κ1) is 29.0. The van der Waals surface area contributed by atoms with E-state index in [1.54, 1.807) is 12.1 Å². The van der Waals surface area contributed by atoms with Gasteiger partial charge in [-0.15, -0.1) is 0 Å². The Morgan fingerprint density at radius 1 is 0.976 bits per heavy atom. The van der Waals surface area contributed by atoms with Gasteiger partial charge in [-0.1, -0.05) is 31.9 Å². The number of nitrogens with one attached hydrogen (secondary N) is 2. The van der Waals surface area contributed by atoms with Crippen molar-refractivity contribution in [3.8, 4) is 0 Å². The Balaban J connectivity index is 1.48. The van der Waals surface area contributed by atoms with Crippen molar-refractivity contribution in [3.05, 3.63) is 88.2 Å². The minimum atomic E-state index is -4.72. The Morgan fingerprint density at radius 2 is 1.66 bits per heavy atom. The lowest BCUT2D eigenvalue weighted by Crippen LogP contribution is -2.33. The molecule has 218 valence electrons. The summed E-state index contributed by atoms with van der Waals surface area (Å²) in [6.07, 6.45) is 4.04. The van der Waals surface area contributed by atoms with Crippen LogP contribution in [0.4, 0.5) is 27.9 Å². The summed E-state index contributed by atoms with van der Waals surface area (Å²) >= 11 is 0. The quantitative estimate of drug-likeness (QED) is 0.287. The lowest BCUT2D eigenvalue weighted by molar-refractivity contribution is -0.137. The van der Waals surface area contributed by atoms with E-state index < -0.39 is 28.9 Å². The second-order valence-corrected chi connectivity index (χ2v) is 11.4. The van der Waals surface area contributed by atoms with Crippen LogP contribution in [0.25, 0.3) is 0 Å². The van der Waals surface area contributed by atoms with Crippen LogP contribution in [0.1, 0.15) is 91.0 Å². The third-order valence-corrected chi connectivity index (χ3v) is 8.43. The van der Waals surface area contributed by atoms with Gasteiger partial charge in [-0.2, -0.15) is 13.2 Å². The van der Waals surface area contributed by atoms with Crippen molar-refractivity contribution in [3.63, 3.8) is 0 Å². The van der Waals surface area contributed by atoms with Gasteiger partial charge in [0.15, 0.2) is 0 Å². The van der Waals surface area contributed by atoms with E-state index in [-0.39, 0.29) is 29.5 Å². The zero-order chi connectivity index (χ0) is 29.2. The number of hydrogen-bond donors (Lipinski definition) is 2. The third-order valence-electron chi connectivity index (χ3n) is 8.43. The van der Waals surface area contributed by atoms with E-state index in [0.29, 0.717) is 36.5 Å². The van der Waals surface area contributed by atoms with Gasteiger partial charge in [0, 0.05) is 24.2 Å². The highest BCUT2D eigenvalue weighted by atomic mass is 19.4. The van der Waals surface area contributed by atoms with E-state index in [1.165, 1.54) is 18.3 Å². The van der Waals surface area contributed by atoms with Gasteiger partial charge in [-0.3, -0.25) is 4.79 Å². The fourth-order valence-electron chi connectivity index (χ4n) is 6.17. The Bertz CT molecular complexity index is 1380. The Kier molecular flexibility index (Phi) is 8.29. The molecule has 3 aromatic rings. The van der Waals surface area contributed by atoms with Gasteiger partial charge >= 0.3 is 6.18 Å². The SMILES string of the molecule is CC1CCC(Nc2ncc(C(=O)NCc3cc(F)cc(C(F)(F)F)c3)c(C3(c4ccc(F)cc4)CCCC3)n2)CC1. The number of benzene rings is 2. The third kappa shape index (κ3) is 6.52. The molecule has 0 spiro atoms. The van der Waals surface area contributed by atoms with Gasteiger partial charge in [0.05, 0.1) is 16.8 Å². The number of halogens is 5. The minimum Gasteiger partial charge on any atom is -0.351 e. The Labute approximate surface area is 236 Å². The van der Waals surface area contributed by atoms with Gasteiger partial charge in [-0.05, 0) is 85.9 Å². The van der Waals surface area contributed by atoms with Crippen LogP contribution in [0.5, 0.6) is 0 Å². The number of hydrogen-bond acceptors (Lipinski definition) is 4. The number of aromatic nitrogens is 2. The van der Waals surface area contributed by atoms with E-state index >= 15 is 0 Å². The van der Waals surface area contributed by atoms with Gasteiger partial charge in [0.2, 0.25) is 5.95 Å². The summed E-state index contributed by atoms with van der Waals surface area (Å²) in [6.45, 7) is 1.92. The van der Waals surface area contributed by atoms with Crippen LogP contribution in [0.15, 0.2) is 48.7 Å². The predicted octanol–water partition coefficient (Wildman–Crippen LogP) is 7.55. The highest BCUT2D eigenvalue weighted by molar-refractivity contribution is 5.95. The lowest BCUT2D eigenvalue weighted by atomic mass is 9.74. The van der Waals surface area contributed by atoms with E-state index in [0.717, 1.165) is 56.2 Å².